The summed E-state index contributed by atoms with van der Waals surface area (Å²) in [5, 5.41) is 0. The summed E-state index contributed by atoms with van der Waals surface area (Å²) in [5.41, 5.74) is 5.49. The molecule has 0 nitrogen and oxygen atoms in total. The zero-order valence-corrected chi connectivity index (χ0v) is 33.5. The molecule has 0 fully saturated rings. The summed E-state index contributed by atoms with van der Waals surface area (Å²) < 4.78 is 0. The van der Waals surface area contributed by atoms with Crippen LogP contribution in [0, 0.1) is 0 Å². The van der Waals surface area contributed by atoms with Crippen molar-refractivity contribution in [1.29, 1.82) is 0 Å². The maximum Gasteiger partial charge on any atom is -0.00257 e. The molecule has 0 saturated carbocycles. The number of hydrogen-bond donors (Lipinski definition) is 0. The van der Waals surface area contributed by atoms with Gasteiger partial charge in [-0.1, -0.05) is 237 Å². The molecule has 0 aliphatic rings. The van der Waals surface area contributed by atoms with Gasteiger partial charge in [-0.15, -0.1) is 0 Å². The van der Waals surface area contributed by atoms with Gasteiger partial charge in [0.1, 0.15) is 0 Å². The molecule has 0 radical (unpaired) electrons. The molecule has 0 aliphatic heterocycles. The van der Waals surface area contributed by atoms with E-state index >= 15 is 0 Å². The molecule has 0 aromatic heterocycles. The van der Waals surface area contributed by atoms with Gasteiger partial charge in [0.15, 0.2) is 0 Å². The van der Waals surface area contributed by atoms with Crippen molar-refractivity contribution in [1.82, 2.24) is 0 Å². The van der Waals surface area contributed by atoms with Crippen LogP contribution >= 0.6 is 0 Å². The minimum atomic E-state index is 1.00. The first-order valence-electron chi connectivity index (χ1n) is 18.1. The number of benzene rings is 3. The maximum absolute atomic E-state index is 2.32. The highest BCUT2D eigenvalue weighted by Gasteiger charge is 1.99. The second-order valence-electron chi connectivity index (χ2n) is 5.14. The Morgan fingerprint density at radius 3 is 0.643 bits per heavy atom. The number of rotatable bonds is 4. The van der Waals surface area contributed by atoms with Crippen LogP contribution in [0.4, 0.5) is 0 Å². The lowest BCUT2D eigenvalue weighted by Gasteiger charge is -2.06. The monoisotopic (exact) mass is 589 g/mol. The molecule has 0 spiro atoms. The summed E-state index contributed by atoms with van der Waals surface area (Å²) in [4.78, 5) is 0. The largest absolute Gasteiger partial charge is 0.0683 e. The zero-order chi connectivity index (χ0) is 35.6. The van der Waals surface area contributed by atoms with Gasteiger partial charge in [0.2, 0.25) is 0 Å². The fourth-order valence-electron chi connectivity index (χ4n) is 2.51. The minimum absolute atomic E-state index is 1.00. The highest BCUT2D eigenvalue weighted by Crippen LogP contribution is 2.14. The first kappa shape index (κ1) is 63.1. The number of hydrogen-bond acceptors (Lipinski definition) is 0. The molecule has 0 N–H and O–H groups in total. The molecule has 0 unspecified atom stereocenters. The zero-order valence-electron chi connectivity index (χ0n) is 33.5. The smallest absolute Gasteiger partial charge is 0.00257 e. The van der Waals surface area contributed by atoms with Crippen molar-refractivity contribution < 1.29 is 0 Å². The van der Waals surface area contributed by atoms with E-state index in [4.69, 9.17) is 0 Å². The summed E-state index contributed by atoms with van der Waals surface area (Å²) in [6.07, 6.45) is 2.01. The highest BCUT2D eigenvalue weighted by molar-refractivity contribution is 5.32. The topological polar surface area (TPSA) is 0 Å². The first-order chi connectivity index (χ1) is 20.9. The van der Waals surface area contributed by atoms with E-state index in [9.17, 15) is 0 Å². The van der Waals surface area contributed by atoms with Crippen molar-refractivity contribution in [2.45, 2.75) is 165 Å². The van der Waals surface area contributed by atoms with Crippen LogP contribution in [0.2, 0.25) is 0 Å². The molecule has 42 heavy (non-hydrogen) atoms. The Hall–Kier alpha value is -2.34. The van der Waals surface area contributed by atoms with Gasteiger partial charge in [-0.2, -0.15) is 0 Å². The van der Waals surface area contributed by atoms with Crippen molar-refractivity contribution in [3.63, 3.8) is 0 Å². The van der Waals surface area contributed by atoms with Crippen molar-refractivity contribution in [2.75, 3.05) is 0 Å². The summed E-state index contributed by atoms with van der Waals surface area (Å²) in [6.45, 7) is 44.0. The second kappa shape index (κ2) is 83.3. The van der Waals surface area contributed by atoms with Gasteiger partial charge in [-0.05, 0) is 35.1 Å². The molecule has 0 atom stereocenters. The molecule has 252 valence electrons. The fourth-order valence-corrected chi connectivity index (χ4v) is 2.51. The van der Waals surface area contributed by atoms with Crippen LogP contribution in [0.5, 0.6) is 0 Å². The Labute approximate surface area is 271 Å². The molecule has 3 aromatic carbocycles. The summed E-state index contributed by atoms with van der Waals surface area (Å²) in [6, 6.07) is 30.2. The van der Waals surface area contributed by atoms with Gasteiger partial charge in [0.05, 0.1) is 0 Å². The maximum atomic E-state index is 2.32. The summed E-state index contributed by atoms with van der Waals surface area (Å²) in [5.74, 6) is 0. The van der Waals surface area contributed by atoms with Gasteiger partial charge in [0.25, 0.3) is 0 Å². The van der Waals surface area contributed by atoms with Crippen LogP contribution in [0.3, 0.4) is 0 Å². The fraction of sp³-hybridized carbons (Fsp3) is 0.571. The van der Waals surface area contributed by atoms with Gasteiger partial charge in [0, 0.05) is 0 Å². The van der Waals surface area contributed by atoms with Crippen molar-refractivity contribution >= 4 is 0 Å². The third-order valence-corrected chi connectivity index (χ3v) is 3.49. The van der Waals surface area contributed by atoms with E-state index in [1.54, 1.807) is 0 Å². The quantitative estimate of drug-likeness (QED) is 0.284. The molecule has 0 heteroatoms. The third-order valence-electron chi connectivity index (χ3n) is 3.49. The van der Waals surface area contributed by atoms with Gasteiger partial charge < -0.3 is 0 Å². The average Bonchev–Trinajstić information content (AvgIpc) is 3.15. The van der Waals surface area contributed by atoms with Crippen LogP contribution in [0.1, 0.15) is 175 Å². The molecular weight excluding hydrogens is 504 g/mol. The summed E-state index contributed by atoms with van der Waals surface area (Å²) in [7, 11) is 0. The van der Waals surface area contributed by atoms with E-state index in [-0.39, 0.29) is 0 Å². The van der Waals surface area contributed by atoms with E-state index in [1.165, 1.54) is 22.3 Å². The predicted molar refractivity (Wildman–Crippen MR) is 210 cm³/mol. The molecule has 0 amide bonds. The molecule has 0 aliphatic carbocycles. The van der Waals surface area contributed by atoms with E-state index < -0.39 is 0 Å². The molecule has 0 saturated heterocycles. The lowest BCUT2D eigenvalue weighted by atomic mass is 9.99. The molecule has 0 heterocycles. The van der Waals surface area contributed by atoms with Crippen LogP contribution in [0.25, 0.3) is 0 Å². The van der Waals surface area contributed by atoms with Crippen LogP contribution in [-0.4, -0.2) is 0 Å². The Kier molecular flexibility index (Phi) is 125. The highest BCUT2D eigenvalue weighted by atomic mass is 14.0. The van der Waals surface area contributed by atoms with Crippen LogP contribution in [-0.2, 0) is 12.8 Å². The Bertz CT molecular complexity index is 597. The Morgan fingerprint density at radius 1 is 0.238 bits per heavy atom. The van der Waals surface area contributed by atoms with Gasteiger partial charge in [-0.25, -0.2) is 0 Å². The SMILES string of the molecule is CC.CC.CC.CC.CC.CC.CC.CC.CC.CC.CC.c1ccc(Cc2cccc(Cc3ccccc3)c2)cc1. The van der Waals surface area contributed by atoms with Crippen molar-refractivity contribution in [2.24, 2.45) is 0 Å². The van der Waals surface area contributed by atoms with Crippen molar-refractivity contribution in [3.05, 3.63) is 107 Å². The lowest BCUT2D eigenvalue weighted by Crippen LogP contribution is -1.92. The third kappa shape index (κ3) is 50.5. The predicted octanol–water partition coefficient (Wildman–Crippen LogP) is 16.2. The molecule has 3 rings (SSSR count). The minimum Gasteiger partial charge on any atom is -0.0683 e. The molecule has 0 bridgehead atoms. The summed E-state index contributed by atoms with van der Waals surface area (Å²) >= 11 is 0. The standard InChI is InChI=1S/C20H18.11C2H6/c1-3-8-17(9-4-1)14-19-12-7-13-20(16-19)15-18-10-5-2-6-11-18;11*1-2/h1-13,16H,14-15H2;11*1-2H3. The average molecular weight is 589 g/mol. The first-order valence-corrected chi connectivity index (χ1v) is 18.1. The Morgan fingerprint density at radius 2 is 0.429 bits per heavy atom. The van der Waals surface area contributed by atoms with E-state index in [0.29, 0.717) is 0 Å². The van der Waals surface area contributed by atoms with E-state index in [0.717, 1.165) is 12.8 Å². The lowest BCUT2D eigenvalue weighted by molar-refractivity contribution is 1.14. The normalized spacial score (nSPS) is 6.52. The van der Waals surface area contributed by atoms with Crippen LogP contribution in [0.15, 0.2) is 84.9 Å². The van der Waals surface area contributed by atoms with E-state index in [2.05, 4.69) is 84.9 Å². The Balaban J connectivity index is -0.0000000601. The molecular formula is C42H84. The van der Waals surface area contributed by atoms with Crippen LogP contribution < -0.4 is 0 Å². The van der Waals surface area contributed by atoms with Crippen molar-refractivity contribution in [3.8, 4) is 0 Å². The van der Waals surface area contributed by atoms with E-state index in [1.807, 2.05) is 152 Å². The molecule has 3 aromatic rings. The second-order valence-corrected chi connectivity index (χ2v) is 5.14. The van der Waals surface area contributed by atoms with Gasteiger partial charge in [-0.3, -0.25) is 0 Å². The van der Waals surface area contributed by atoms with Gasteiger partial charge >= 0.3 is 0 Å².